The van der Waals surface area contributed by atoms with Crippen LogP contribution in [0.4, 0.5) is 5.69 Å². The van der Waals surface area contributed by atoms with Crippen LogP contribution in [0.3, 0.4) is 0 Å². The van der Waals surface area contributed by atoms with Crippen LogP contribution in [0.15, 0.2) is 46.9 Å². The summed E-state index contributed by atoms with van der Waals surface area (Å²) in [4.78, 5) is 23.9. The number of aromatic nitrogens is 2. The predicted molar refractivity (Wildman–Crippen MR) is 73.7 cm³/mol. The van der Waals surface area contributed by atoms with Crippen LogP contribution in [0.5, 0.6) is 0 Å². The molecule has 5 nitrogen and oxygen atoms in total. The number of carbonyl (C=O) groups is 1. The van der Waals surface area contributed by atoms with Crippen LogP contribution >= 0.6 is 0 Å². The lowest BCUT2D eigenvalue weighted by atomic mass is 10.2. The smallest absolute Gasteiger partial charge is 0.164 e. The monoisotopic (exact) mass is 255 g/mol. The van der Waals surface area contributed by atoms with Gasteiger partial charge in [0.15, 0.2) is 5.78 Å². The Morgan fingerprint density at radius 2 is 2.00 bits per heavy atom. The molecule has 0 saturated heterocycles. The summed E-state index contributed by atoms with van der Waals surface area (Å²) >= 11 is 0. The zero-order chi connectivity index (χ0) is 13.8. The van der Waals surface area contributed by atoms with Gasteiger partial charge < -0.3 is 5.11 Å². The highest BCUT2D eigenvalue weighted by Crippen LogP contribution is 2.21. The first-order chi connectivity index (χ1) is 9.09. The molecule has 0 saturated carbocycles. The Morgan fingerprint density at radius 1 is 1.26 bits per heavy atom. The number of aliphatic hydroxyl groups excluding tert-OH is 1. The number of Topliss-reactive ketones (excluding diaryl/α,β-unsaturated/α-hetero) is 1. The number of hydrogen-bond acceptors (Lipinski definition) is 5. The van der Waals surface area contributed by atoms with Crippen molar-refractivity contribution in [2.45, 2.75) is 13.8 Å². The highest BCUT2D eigenvalue weighted by molar-refractivity contribution is 6.13. The van der Waals surface area contributed by atoms with E-state index in [1.54, 1.807) is 18.5 Å². The first kappa shape index (κ1) is 12.9. The molecule has 0 aliphatic rings. The van der Waals surface area contributed by atoms with E-state index in [9.17, 15) is 9.90 Å². The van der Waals surface area contributed by atoms with Gasteiger partial charge in [-0.25, -0.2) is 0 Å². The Labute approximate surface area is 110 Å². The van der Waals surface area contributed by atoms with E-state index >= 15 is 0 Å². The van der Waals surface area contributed by atoms with Crippen molar-refractivity contribution in [2.75, 3.05) is 0 Å². The third-order valence-electron chi connectivity index (χ3n) is 2.58. The van der Waals surface area contributed by atoms with Gasteiger partial charge in [0.2, 0.25) is 0 Å². The molecule has 0 amide bonds. The molecule has 1 aromatic heterocycles. The van der Waals surface area contributed by atoms with Crippen LogP contribution in [-0.4, -0.2) is 27.1 Å². The molecule has 0 atom stereocenters. The number of hydrogen-bond donors (Lipinski definition) is 1. The van der Waals surface area contributed by atoms with Gasteiger partial charge in [0.25, 0.3) is 0 Å². The van der Waals surface area contributed by atoms with E-state index in [4.69, 9.17) is 0 Å². The van der Waals surface area contributed by atoms with E-state index in [2.05, 4.69) is 15.0 Å². The van der Waals surface area contributed by atoms with Gasteiger partial charge in [0.1, 0.15) is 11.3 Å². The molecule has 96 valence electrons. The van der Waals surface area contributed by atoms with Crippen molar-refractivity contribution in [3.63, 3.8) is 0 Å². The van der Waals surface area contributed by atoms with E-state index < -0.39 is 0 Å². The quantitative estimate of drug-likeness (QED) is 0.520. The third-order valence-corrected chi connectivity index (χ3v) is 2.58. The summed E-state index contributed by atoms with van der Waals surface area (Å²) in [7, 11) is 0. The molecule has 0 aliphatic carbocycles. The van der Waals surface area contributed by atoms with Gasteiger partial charge in [-0.05, 0) is 26.0 Å². The molecule has 19 heavy (non-hydrogen) atoms. The van der Waals surface area contributed by atoms with Gasteiger partial charge >= 0.3 is 0 Å². The number of carbonyl (C=O) groups excluding carboxylic acids is 1. The molecule has 0 spiro atoms. The average Bonchev–Trinajstić information content (AvgIpc) is 2.38. The molecule has 1 N–H and O–H groups in total. The summed E-state index contributed by atoms with van der Waals surface area (Å²) in [5, 5.41) is 9.41. The number of ketones is 1. The van der Waals surface area contributed by atoms with Crippen molar-refractivity contribution in [1.29, 1.82) is 0 Å². The van der Waals surface area contributed by atoms with Crippen molar-refractivity contribution < 1.29 is 9.90 Å². The van der Waals surface area contributed by atoms with Crippen LogP contribution in [0.2, 0.25) is 0 Å². The second-order valence-electron chi connectivity index (χ2n) is 4.01. The highest BCUT2D eigenvalue weighted by atomic mass is 16.3. The van der Waals surface area contributed by atoms with E-state index in [0.29, 0.717) is 11.2 Å². The minimum atomic E-state index is -0.241. The Morgan fingerprint density at radius 3 is 2.68 bits per heavy atom. The van der Waals surface area contributed by atoms with Crippen molar-refractivity contribution in [3.05, 3.63) is 41.9 Å². The van der Waals surface area contributed by atoms with Crippen LogP contribution < -0.4 is 0 Å². The van der Waals surface area contributed by atoms with E-state index in [1.165, 1.54) is 20.1 Å². The normalized spacial score (nSPS) is 12.7. The fourth-order valence-corrected chi connectivity index (χ4v) is 1.65. The van der Waals surface area contributed by atoms with Crippen LogP contribution in [-0.2, 0) is 4.79 Å². The molecule has 0 bridgehead atoms. The summed E-state index contributed by atoms with van der Waals surface area (Å²) in [5.74, 6) is -0.294. The van der Waals surface area contributed by atoms with Crippen molar-refractivity contribution >= 4 is 28.7 Å². The lowest BCUT2D eigenvalue weighted by molar-refractivity contribution is -0.113. The first-order valence-electron chi connectivity index (χ1n) is 5.74. The summed E-state index contributed by atoms with van der Waals surface area (Å²) in [6.45, 7) is 2.83. The zero-order valence-corrected chi connectivity index (χ0v) is 10.7. The number of aliphatic imine (C=N–C) groups is 1. The van der Waals surface area contributed by atoms with E-state index in [-0.39, 0.29) is 17.1 Å². The summed E-state index contributed by atoms with van der Waals surface area (Å²) in [6.07, 6.45) is 4.54. The molecular weight excluding hydrogens is 242 g/mol. The molecule has 2 aromatic rings. The van der Waals surface area contributed by atoms with Gasteiger partial charge in [-0.1, -0.05) is 6.07 Å². The number of allylic oxidation sites excluding steroid dienone is 2. The Hall–Kier alpha value is -2.56. The van der Waals surface area contributed by atoms with Gasteiger partial charge in [0, 0.05) is 18.6 Å². The molecule has 1 aromatic carbocycles. The molecular formula is C14H13N3O2. The SMILES string of the molecule is CC(=O)/C(C=Nc1cccc2nccnc12)=C(/C)O. The van der Waals surface area contributed by atoms with Crippen molar-refractivity contribution in [3.8, 4) is 0 Å². The summed E-state index contributed by atoms with van der Waals surface area (Å²) < 4.78 is 0. The van der Waals surface area contributed by atoms with Gasteiger partial charge in [-0.15, -0.1) is 0 Å². The lowest BCUT2D eigenvalue weighted by Crippen LogP contribution is -2.01. The van der Waals surface area contributed by atoms with Crippen LogP contribution in [0.1, 0.15) is 13.8 Å². The maximum absolute atomic E-state index is 11.3. The van der Waals surface area contributed by atoms with Crippen LogP contribution in [0, 0.1) is 0 Å². The number of para-hydroxylation sites is 1. The largest absolute Gasteiger partial charge is 0.512 e. The fourth-order valence-electron chi connectivity index (χ4n) is 1.65. The number of rotatable bonds is 3. The number of aliphatic hydroxyl groups is 1. The maximum atomic E-state index is 11.3. The minimum Gasteiger partial charge on any atom is -0.512 e. The fraction of sp³-hybridized carbons (Fsp3) is 0.143. The van der Waals surface area contributed by atoms with Gasteiger partial charge in [-0.2, -0.15) is 0 Å². The Bertz CT molecular complexity index is 681. The number of nitrogens with zero attached hydrogens (tertiary/aromatic N) is 3. The Balaban J connectivity index is 2.47. The van der Waals surface area contributed by atoms with Crippen molar-refractivity contribution in [2.24, 2.45) is 4.99 Å². The molecule has 0 aliphatic heterocycles. The molecule has 0 radical (unpaired) electrons. The van der Waals surface area contributed by atoms with Gasteiger partial charge in [0.05, 0.1) is 16.8 Å². The summed E-state index contributed by atoms with van der Waals surface area (Å²) in [5.41, 5.74) is 2.16. The highest BCUT2D eigenvalue weighted by Gasteiger charge is 2.06. The summed E-state index contributed by atoms with van der Waals surface area (Å²) in [6, 6.07) is 5.42. The third kappa shape index (κ3) is 2.82. The molecule has 0 fully saturated rings. The topological polar surface area (TPSA) is 75.4 Å². The molecule has 1 heterocycles. The maximum Gasteiger partial charge on any atom is 0.164 e. The molecule has 5 heteroatoms. The number of fused-ring (bicyclic) bond motifs is 1. The predicted octanol–water partition coefficient (Wildman–Crippen LogP) is 2.75. The molecule has 0 unspecified atom stereocenters. The van der Waals surface area contributed by atoms with Crippen LogP contribution in [0.25, 0.3) is 11.0 Å². The van der Waals surface area contributed by atoms with Gasteiger partial charge in [-0.3, -0.25) is 19.8 Å². The number of benzene rings is 1. The van der Waals surface area contributed by atoms with E-state index in [0.717, 1.165) is 5.52 Å². The zero-order valence-electron chi connectivity index (χ0n) is 10.7. The average molecular weight is 255 g/mol. The van der Waals surface area contributed by atoms with Crippen molar-refractivity contribution in [1.82, 2.24) is 9.97 Å². The molecule has 2 rings (SSSR count). The second-order valence-corrected chi connectivity index (χ2v) is 4.01. The standard InChI is InChI=1S/C14H13N3O2/c1-9(18)11(10(2)19)8-17-13-5-3-4-12-14(13)16-7-6-15-12/h3-8,18H,1-2H3/b11-9-,17-8?. The second kappa shape index (κ2) is 5.39. The lowest BCUT2D eigenvalue weighted by Gasteiger charge is -2.01. The first-order valence-corrected chi connectivity index (χ1v) is 5.74. The van der Waals surface area contributed by atoms with E-state index in [1.807, 2.05) is 12.1 Å². The minimum absolute atomic E-state index is 0.0532. The Kier molecular flexibility index (Phi) is 3.66.